The van der Waals surface area contributed by atoms with Gasteiger partial charge in [0.1, 0.15) is 17.2 Å². The van der Waals surface area contributed by atoms with Crippen LogP contribution < -0.4 is 25.0 Å². The van der Waals surface area contributed by atoms with Crippen LogP contribution in [0.15, 0.2) is 85.6 Å². The van der Waals surface area contributed by atoms with E-state index in [0.717, 1.165) is 35.7 Å². The molecule has 1 heterocycles. The van der Waals surface area contributed by atoms with Gasteiger partial charge in [-0.1, -0.05) is 36.4 Å². The summed E-state index contributed by atoms with van der Waals surface area (Å²) in [4.78, 5) is 25.6. The van der Waals surface area contributed by atoms with Crippen LogP contribution in [0.4, 0.5) is 23.0 Å². The average Bonchev–Trinajstić information content (AvgIpc) is 2.97. The smallest absolute Gasteiger partial charge is 0.247 e. The highest BCUT2D eigenvalue weighted by Crippen LogP contribution is 2.38. The Bertz CT molecular complexity index is 1500. The maximum atomic E-state index is 12.3. The van der Waals surface area contributed by atoms with Crippen LogP contribution in [0.1, 0.15) is 5.56 Å². The molecule has 1 amide bonds. The molecule has 0 radical (unpaired) electrons. The third-order valence-electron chi connectivity index (χ3n) is 6.37. The summed E-state index contributed by atoms with van der Waals surface area (Å²) >= 11 is 0. The number of hydrogen-bond acceptors (Lipinski definition) is 8. The first-order valence-electron chi connectivity index (χ1n) is 13.2. The quantitative estimate of drug-likeness (QED) is 0.203. The SMILES string of the molecule is C=CC(=O)Nc1cc(Nc2nccc(-c3ccccc3Oc3ccc(C)cc3)n2)c(OC)cc1N(C)CCN(C)C. The summed E-state index contributed by atoms with van der Waals surface area (Å²) in [7, 11) is 7.60. The van der Waals surface area contributed by atoms with Crippen molar-refractivity contribution in [1.29, 1.82) is 0 Å². The summed E-state index contributed by atoms with van der Waals surface area (Å²) in [6.07, 6.45) is 2.92. The van der Waals surface area contributed by atoms with E-state index in [9.17, 15) is 4.79 Å². The minimum Gasteiger partial charge on any atom is -0.494 e. The molecule has 0 spiro atoms. The number of benzene rings is 3. The van der Waals surface area contributed by atoms with E-state index in [1.807, 2.05) is 94.8 Å². The van der Waals surface area contributed by atoms with Crippen LogP contribution >= 0.6 is 0 Å². The number of aryl methyl sites for hydroxylation is 1. The number of methoxy groups -OCH3 is 1. The predicted molar refractivity (Wildman–Crippen MR) is 166 cm³/mol. The third-order valence-corrected chi connectivity index (χ3v) is 6.37. The lowest BCUT2D eigenvalue weighted by Crippen LogP contribution is -2.29. The highest BCUT2D eigenvalue weighted by molar-refractivity contribution is 6.02. The molecule has 0 atom stereocenters. The molecule has 4 aromatic rings. The van der Waals surface area contributed by atoms with E-state index in [1.165, 1.54) is 6.08 Å². The first-order chi connectivity index (χ1) is 19.8. The van der Waals surface area contributed by atoms with Crippen molar-refractivity contribution in [3.8, 4) is 28.5 Å². The number of rotatable bonds is 12. The monoisotopic (exact) mass is 552 g/mol. The lowest BCUT2D eigenvalue weighted by Gasteiger charge is -2.26. The van der Waals surface area contributed by atoms with Gasteiger partial charge in [-0.25, -0.2) is 9.97 Å². The van der Waals surface area contributed by atoms with E-state index in [-0.39, 0.29) is 5.91 Å². The maximum Gasteiger partial charge on any atom is 0.247 e. The molecule has 9 nitrogen and oxygen atoms in total. The Hall–Kier alpha value is -4.89. The highest BCUT2D eigenvalue weighted by atomic mass is 16.5. The first-order valence-corrected chi connectivity index (χ1v) is 13.2. The normalized spacial score (nSPS) is 10.7. The summed E-state index contributed by atoms with van der Waals surface area (Å²) in [6, 6.07) is 21.2. The van der Waals surface area contributed by atoms with Gasteiger partial charge in [-0.3, -0.25) is 4.79 Å². The van der Waals surface area contributed by atoms with Crippen molar-refractivity contribution in [3.63, 3.8) is 0 Å². The van der Waals surface area contributed by atoms with Gasteiger partial charge < -0.3 is 29.9 Å². The molecule has 0 fully saturated rings. The second-order valence-corrected chi connectivity index (χ2v) is 9.79. The number of nitrogens with one attached hydrogen (secondary N) is 2. The van der Waals surface area contributed by atoms with Crippen molar-refractivity contribution in [2.45, 2.75) is 6.92 Å². The molecule has 0 saturated heterocycles. The number of aromatic nitrogens is 2. The van der Waals surface area contributed by atoms with Crippen LogP contribution in [0.2, 0.25) is 0 Å². The number of carbonyl (C=O) groups excluding carboxylic acids is 1. The maximum absolute atomic E-state index is 12.3. The van der Waals surface area contributed by atoms with E-state index in [1.54, 1.807) is 13.3 Å². The predicted octanol–water partition coefficient (Wildman–Crippen LogP) is 6.12. The van der Waals surface area contributed by atoms with Gasteiger partial charge in [0.2, 0.25) is 11.9 Å². The van der Waals surface area contributed by atoms with Crippen molar-refractivity contribution in [2.24, 2.45) is 0 Å². The van der Waals surface area contributed by atoms with E-state index >= 15 is 0 Å². The van der Waals surface area contributed by atoms with Gasteiger partial charge in [-0.2, -0.15) is 0 Å². The molecule has 0 aliphatic carbocycles. The molecule has 1 aromatic heterocycles. The number of likely N-dealkylation sites (N-methyl/N-ethyl adjacent to an activating group) is 2. The van der Waals surface area contributed by atoms with Crippen molar-refractivity contribution < 1.29 is 14.3 Å². The zero-order valence-corrected chi connectivity index (χ0v) is 24.1. The Morgan fingerprint density at radius 2 is 1.73 bits per heavy atom. The van der Waals surface area contributed by atoms with Crippen LogP contribution in [0.3, 0.4) is 0 Å². The number of amides is 1. The fraction of sp³-hybridized carbons (Fsp3) is 0.219. The van der Waals surface area contributed by atoms with Gasteiger partial charge in [-0.15, -0.1) is 0 Å². The standard InChI is InChI=1S/C32H36N6O3/c1-7-31(39)34-26-20-27(30(40-6)21-28(26)38(5)19-18-37(3)4)36-32-33-17-16-25(35-32)24-10-8-9-11-29(24)41-23-14-12-22(2)13-15-23/h7-17,20-21H,1,18-19H2,2-6H3,(H,34,39)(H,33,35,36). The summed E-state index contributed by atoms with van der Waals surface area (Å²) in [5, 5.41) is 6.18. The summed E-state index contributed by atoms with van der Waals surface area (Å²) in [5.41, 5.74) is 4.67. The van der Waals surface area contributed by atoms with Crippen LogP contribution in [-0.4, -0.2) is 62.1 Å². The minimum absolute atomic E-state index is 0.313. The average molecular weight is 553 g/mol. The van der Waals surface area contributed by atoms with Crippen LogP contribution in [0, 0.1) is 6.92 Å². The lowest BCUT2D eigenvalue weighted by molar-refractivity contribution is -0.111. The second kappa shape index (κ2) is 13.5. The molecule has 0 aliphatic rings. The van der Waals surface area contributed by atoms with Crippen molar-refractivity contribution in [2.75, 3.05) is 56.9 Å². The molecule has 4 rings (SSSR count). The number of para-hydroxylation sites is 1. The largest absolute Gasteiger partial charge is 0.494 e. The molecule has 3 aromatic carbocycles. The van der Waals surface area contributed by atoms with Gasteiger partial charge in [0, 0.05) is 38.0 Å². The number of hydrogen-bond donors (Lipinski definition) is 2. The Morgan fingerprint density at radius 1 is 0.976 bits per heavy atom. The zero-order chi connectivity index (χ0) is 29.4. The van der Waals surface area contributed by atoms with Crippen molar-refractivity contribution >= 4 is 28.9 Å². The fourth-order valence-electron chi connectivity index (χ4n) is 4.10. The second-order valence-electron chi connectivity index (χ2n) is 9.79. The molecule has 0 aliphatic heterocycles. The van der Waals surface area contributed by atoms with Crippen LogP contribution in [0.5, 0.6) is 17.2 Å². The topological polar surface area (TPSA) is 91.8 Å². The van der Waals surface area contributed by atoms with E-state index in [0.29, 0.717) is 34.5 Å². The van der Waals surface area contributed by atoms with Crippen molar-refractivity contribution in [3.05, 3.63) is 91.1 Å². The number of anilines is 4. The highest BCUT2D eigenvalue weighted by Gasteiger charge is 2.17. The molecule has 9 heteroatoms. The molecular weight excluding hydrogens is 516 g/mol. The van der Waals surface area contributed by atoms with E-state index in [4.69, 9.17) is 14.5 Å². The Morgan fingerprint density at radius 3 is 2.44 bits per heavy atom. The summed E-state index contributed by atoms with van der Waals surface area (Å²) in [5.74, 6) is 2.04. The number of ether oxygens (including phenoxy) is 2. The van der Waals surface area contributed by atoms with Crippen LogP contribution in [-0.2, 0) is 4.79 Å². The Labute approximate surface area is 241 Å². The van der Waals surface area contributed by atoms with E-state index in [2.05, 4.69) is 32.0 Å². The first kappa shape index (κ1) is 29.1. The van der Waals surface area contributed by atoms with E-state index < -0.39 is 0 Å². The lowest BCUT2D eigenvalue weighted by atomic mass is 10.1. The molecule has 0 bridgehead atoms. The van der Waals surface area contributed by atoms with Gasteiger partial charge in [0.05, 0.1) is 29.9 Å². The van der Waals surface area contributed by atoms with Crippen molar-refractivity contribution in [1.82, 2.24) is 14.9 Å². The Balaban J connectivity index is 1.66. The fourth-order valence-corrected chi connectivity index (χ4v) is 4.10. The molecular formula is C32H36N6O3. The third kappa shape index (κ3) is 7.61. The molecule has 2 N–H and O–H groups in total. The molecule has 41 heavy (non-hydrogen) atoms. The van der Waals surface area contributed by atoms with Crippen LogP contribution in [0.25, 0.3) is 11.3 Å². The molecule has 0 unspecified atom stereocenters. The summed E-state index contributed by atoms with van der Waals surface area (Å²) < 4.78 is 11.9. The number of nitrogens with zero attached hydrogens (tertiary/aromatic N) is 4. The molecule has 212 valence electrons. The Kier molecular flexibility index (Phi) is 9.55. The van der Waals surface area contributed by atoms with Gasteiger partial charge in [0.25, 0.3) is 0 Å². The van der Waals surface area contributed by atoms with Gasteiger partial charge in [0.15, 0.2) is 0 Å². The molecule has 0 saturated carbocycles. The summed E-state index contributed by atoms with van der Waals surface area (Å²) in [6.45, 7) is 7.21. The number of carbonyl (C=O) groups is 1. The van der Waals surface area contributed by atoms with Gasteiger partial charge in [-0.05, 0) is 63.5 Å². The van der Waals surface area contributed by atoms with Gasteiger partial charge >= 0.3 is 0 Å². The zero-order valence-electron chi connectivity index (χ0n) is 24.1. The minimum atomic E-state index is -0.313.